The second kappa shape index (κ2) is 10.5. The molecule has 11 heteroatoms. The SMILES string of the molecule is CCCCS(=O)(=O)Nc1ccc(S(=O)(=O)c2ccc(NS(=O)(=O)CCCC)cc2)cc1. The van der Waals surface area contributed by atoms with Gasteiger partial charge in [-0.25, -0.2) is 25.3 Å². The third-order valence-electron chi connectivity index (χ3n) is 4.41. The maximum atomic E-state index is 12.8. The van der Waals surface area contributed by atoms with Crippen LogP contribution in [0.25, 0.3) is 0 Å². The Balaban J connectivity index is 2.14. The van der Waals surface area contributed by atoms with E-state index in [0.29, 0.717) is 12.8 Å². The Morgan fingerprint density at radius 2 is 0.903 bits per heavy atom. The maximum Gasteiger partial charge on any atom is 0.232 e. The fourth-order valence-corrected chi connectivity index (χ4v) is 6.46. The summed E-state index contributed by atoms with van der Waals surface area (Å²) in [6.45, 7) is 3.78. The average molecular weight is 489 g/mol. The summed E-state index contributed by atoms with van der Waals surface area (Å²) in [4.78, 5) is 0.000523. The summed E-state index contributed by atoms with van der Waals surface area (Å²) in [5.74, 6) is -0.00377. The first-order valence-electron chi connectivity index (χ1n) is 9.95. The smallest absolute Gasteiger partial charge is 0.232 e. The third-order valence-corrected chi connectivity index (χ3v) is 8.94. The molecule has 172 valence electrons. The molecule has 0 amide bonds. The van der Waals surface area contributed by atoms with Crippen LogP contribution in [0.1, 0.15) is 39.5 Å². The minimum absolute atomic E-state index is 0.000262. The van der Waals surface area contributed by atoms with Gasteiger partial charge in [0.25, 0.3) is 0 Å². The van der Waals surface area contributed by atoms with Crippen molar-refractivity contribution >= 4 is 41.3 Å². The summed E-state index contributed by atoms with van der Waals surface area (Å²) >= 11 is 0. The molecule has 0 atom stereocenters. The first-order valence-corrected chi connectivity index (χ1v) is 14.7. The summed E-state index contributed by atoms with van der Waals surface area (Å²) in [6, 6.07) is 10.9. The van der Waals surface area contributed by atoms with Gasteiger partial charge in [-0.05, 0) is 61.4 Å². The van der Waals surface area contributed by atoms with Crippen molar-refractivity contribution in [3.8, 4) is 0 Å². The standard InChI is InChI=1S/C20H28N2O6S3/c1-3-5-15-29(23,24)21-17-7-11-19(12-8-17)31(27,28)20-13-9-18(10-14-20)22-30(25,26)16-6-4-2/h7-14,21-22H,3-6,15-16H2,1-2H3. The number of unbranched alkanes of at least 4 members (excludes halogenated alkanes) is 2. The van der Waals surface area contributed by atoms with Gasteiger partial charge in [0.15, 0.2) is 0 Å². The van der Waals surface area contributed by atoms with E-state index in [1.165, 1.54) is 48.5 Å². The summed E-state index contributed by atoms with van der Waals surface area (Å²) < 4.78 is 78.4. The van der Waals surface area contributed by atoms with Crippen LogP contribution in [0.3, 0.4) is 0 Å². The molecular weight excluding hydrogens is 460 g/mol. The molecule has 0 bridgehead atoms. The predicted octanol–water partition coefficient (Wildman–Crippen LogP) is 3.60. The molecule has 0 aliphatic heterocycles. The summed E-state index contributed by atoms with van der Waals surface area (Å²) in [5.41, 5.74) is 0.568. The largest absolute Gasteiger partial charge is 0.284 e. The number of anilines is 2. The van der Waals surface area contributed by atoms with Crippen LogP contribution in [0, 0.1) is 0 Å². The van der Waals surface area contributed by atoms with Gasteiger partial charge in [0.2, 0.25) is 29.9 Å². The molecule has 0 saturated carbocycles. The molecule has 0 unspecified atom stereocenters. The number of sulfonamides is 2. The lowest BCUT2D eigenvalue weighted by atomic mass is 10.3. The Kier molecular flexibility index (Phi) is 8.49. The van der Waals surface area contributed by atoms with Crippen LogP contribution in [-0.2, 0) is 29.9 Å². The fourth-order valence-electron chi connectivity index (χ4n) is 2.67. The second-order valence-electron chi connectivity index (χ2n) is 7.10. The highest BCUT2D eigenvalue weighted by atomic mass is 32.2. The first-order chi connectivity index (χ1) is 14.5. The average Bonchev–Trinajstić information content (AvgIpc) is 2.71. The van der Waals surface area contributed by atoms with E-state index in [0.717, 1.165) is 12.8 Å². The van der Waals surface area contributed by atoms with Crippen molar-refractivity contribution in [1.29, 1.82) is 0 Å². The van der Waals surface area contributed by atoms with Gasteiger partial charge in [0.1, 0.15) is 0 Å². The molecule has 2 aromatic carbocycles. The molecule has 0 saturated heterocycles. The fraction of sp³-hybridized carbons (Fsp3) is 0.400. The zero-order valence-corrected chi connectivity index (χ0v) is 20.0. The molecule has 31 heavy (non-hydrogen) atoms. The van der Waals surface area contributed by atoms with E-state index in [4.69, 9.17) is 0 Å². The normalized spacial score (nSPS) is 12.5. The van der Waals surface area contributed by atoms with Crippen LogP contribution in [0.5, 0.6) is 0 Å². The minimum Gasteiger partial charge on any atom is -0.284 e. The number of sulfone groups is 1. The van der Waals surface area contributed by atoms with Crippen molar-refractivity contribution in [3.05, 3.63) is 48.5 Å². The minimum atomic E-state index is -3.84. The Morgan fingerprint density at radius 3 is 1.19 bits per heavy atom. The topological polar surface area (TPSA) is 126 Å². The second-order valence-corrected chi connectivity index (χ2v) is 12.7. The van der Waals surface area contributed by atoms with E-state index < -0.39 is 29.9 Å². The highest BCUT2D eigenvalue weighted by Crippen LogP contribution is 2.24. The van der Waals surface area contributed by atoms with E-state index in [1.54, 1.807) is 0 Å². The molecule has 8 nitrogen and oxygen atoms in total. The van der Waals surface area contributed by atoms with E-state index >= 15 is 0 Å². The zero-order valence-electron chi connectivity index (χ0n) is 17.5. The highest BCUT2D eigenvalue weighted by Gasteiger charge is 2.19. The molecule has 0 aliphatic carbocycles. The summed E-state index contributed by atoms with van der Waals surface area (Å²) in [7, 11) is -10.8. The number of hydrogen-bond donors (Lipinski definition) is 2. The van der Waals surface area contributed by atoms with E-state index in [1.807, 2.05) is 13.8 Å². The molecule has 2 aromatic rings. The number of benzene rings is 2. The Bertz CT molecular complexity index is 1080. The van der Waals surface area contributed by atoms with Gasteiger partial charge < -0.3 is 0 Å². The van der Waals surface area contributed by atoms with Crippen molar-refractivity contribution in [2.45, 2.75) is 49.3 Å². The third kappa shape index (κ3) is 7.51. The van der Waals surface area contributed by atoms with Crippen molar-refractivity contribution in [3.63, 3.8) is 0 Å². The Morgan fingerprint density at radius 1 is 0.581 bits per heavy atom. The Labute approximate surface area is 185 Å². The van der Waals surface area contributed by atoms with E-state index in [2.05, 4.69) is 9.44 Å². The number of nitrogens with one attached hydrogen (secondary N) is 2. The van der Waals surface area contributed by atoms with Gasteiger partial charge in [-0.2, -0.15) is 0 Å². The van der Waals surface area contributed by atoms with Crippen molar-refractivity contribution in [2.75, 3.05) is 20.9 Å². The molecule has 0 heterocycles. The highest BCUT2D eigenvalue weighted by molar-refractivity contribution is 7.93. The van der Waals surface area contributed by atoms with Gasteiger partial charge in [0.05, 0.1) is 21.3 Å². The quantitative estimate of drug-likeness (QED) is 0.470. The van der Waals surface area contributed by atoms with E-state index in [9.17, 15) is 25.3 Å². The molecule has 0 aliphatic rings. The summed E-state index contributed by atoms with van der Waals surface area (Å²) in [6.07, 6.45) is 2.56. The molecular formula is C20H28N2O6S3. The maximum absolute atomic E-state index is 12.8. The van der Waals surface area contributed by atoms with Crippen molar-refractivity contribution < 1.29 is 25.3 Å². The van der Waals surface area contributed by atoms with Crippen LogP contribution >= 0.6 is 0 Å². The lowest BCUT2D eigenvalue weighted by Gasteiger charge is -2.10. The predicted molar refractivity (Wildman–Crippen MR) is 123 cm³/mol. The van der Waals surface area contributed by atoms with Gasteiger partial charge >= 0.3 is 0 Å². The van der Waals surface area contributed by atoms with Gasteiger partial charge in [-0.15, -0.1) is 0 Å². The molecule has 0 fully saturated rings. The molecule has 2 N–H and O–H groups in total. The molecule has 2 rings (SSSR count). The van der Waals surface area contributed by atoms with Crippen LogP contribution in [0.2, 0.25) is 0 Å². The first kappa shape index (κ1) is 25.2. The van der Waals surface area contributed by atoms with Gasteiger partial charge in [-0.3, -0.25) is 9.44 Å². The van der Waals surface area contributed by atoms with Crippen molar-refractivity contribution in [1.82, 2.24) is 0 Å². The molecule has 0 radical (unpaired) electrons. The van der Waals surface area contributed by atoms with Crippen LogP contribution in [-0.4, -0.2) is 36.8 Å². The summed E-state index contributed by atoms with van der Waals surface area (Å²) in [5, 5.41) is 0. The van der Waals surface area contributed by atoms with Crippen LogP contribution < -0.4 is 9.44 Å². The van der Waals surface area contributed by atoms with Crippen LogP contribution in [0.15, 0.2) is 58.3 Å². The zero-order chi connectivity index (χ0) is 23.1. The Hall–Kier alpha value is -2.11. The number of hydrogen-bond acceptors (Lipinski definition) is 6. The van der Waals surface area contributed by atoms with Crippen LogP contribution in [0.4, 0.5) is 11.4 Å². The van der Waals surface area contributed by atoms with Gasteiger partial charge in [0, 0.05) is 11.4 Å². The number of rotatable bonds is 12. The monoisotopic (exact) mass is 488 g/mol. The van der Waals surface area contributed by atoms with Gasteiger partial charge in [-0.1, -0.05) is 26.7 Å². The van der Waals surface area contributed by atoms with E-state index in [-0.39, 0.29) is 32.7 Å². The lowest BCUT2D eigenvalue weighted by Crippen LogP contribution is -2.16. The molecule has 0 spiro atoms. The lowest BCUT2D eigenvalue weighted by molar-refractivity contribution is 0.595. The molecule has 0 aromatic heterocycles. The van der Waals surface area contributed by atoms with Crippen molar-refractivity contribution in [2.24, 2.45) is 0 Å².